The second kappa shape index (κ2) is 6.20. The van der Waals surface area contributed by atoms with Crippen molar-refractivity contribution in [2.24, 2.45) is 5.92 Å². The Morgan fingerprint density at radius 3 is 3.09 bits per heavy atom. The number of carbonyl (C=O) groups is 1. The van der Waals surface area contributed by atoms with Crippen molar-refractivity contribution < 1.29 is 4.79 Å². The molecule has 0 saturated carbocycles. The summed E-state index contributed by atoms with van der Waals surface area (Å²) in [4.78, 5) is 28.6. The average molecular weight is 313 g/mol. The number of nitrogens with zero attached hydrogens (tertiary/aromatic N) is 7. The molecule has 1 fully saturated rings. The highest BCUT2D eigenvalue weighted by molar-refractivity contribution is 5.78. The Morgan fingerprint density at radius 1 is 1.48 bits per heavy atom. The molecule has 3 rings (SSSR count). The first-order valence-electron chi connectivity index (χ1n) is 7.63. The molecule has 1 aliphatic rings. The number of hydrogen-bond acceptors (Lipinski definition) is 6. The fraction of sp³-hybridized carbons (Fsp3) is 0.533. The van der Waals surface area contributed by atoms with E-state index in [1.54, 1.807) is 11.1 Å². The summed E-state index contributed by atoms with van der Waals surface area (Å²) in [6, 6.07) is 2.07. The third-order valence-electron chi connectivity index (χ3n) is 4.50. The lowest BCUT2D eigenvalue weighted by Gasteiger charge is -2.41. The van der Waals surface area contributed by atoms with Crippen LogP contribution in [0.25, 0.3) is 5.78 Å². The fourth-order valence-electron chi connectivity index (χ4n) is 3.11. The Kier molecular flexibility index (Phi) is 4.10. The largest absolute Gasteiger partial charge is 0.340 e. The number of imidazole rings is 1. The molecule has 8 nitrogen and oxygen atoms in total. The van der Waals surface area contributed by atoms with Gasteiger partial charge in [-0.2, -0.15) is 5.26 Å². The van der Waals surface area contributed by atoms with Crippen molar-refractivity contribution in [3.05, 3.63) is 18.7 Å². The maximum Gasteiger partial charge on any atom is 0.238 e. The van der Waals surface area contributed by atoms with Gasteiger partial charge in [0.05, 0.1) is 12.1 Å². The number of rotatable bonds is 3. The summed E-state index contributed by atoms with van der Waals surface area (Å²) in [6.45, 7) is 3.48. The van der Waals surface area contributed by atoms with E-state index in [0.29, 0.717) is 24.8 Å². The molecule has 2 aromatic rings. The van der Waals surface area contributed by atoms with E-state index < -0.39 is 0 Å². The molecule has 0 aliphatic carbocycles. The lowest BCUT2D eigenvalue weighted by Crippen LogP contribution is -2.53. The van der Waals surface area contributed by atoms with Gasteiger partial charge in [-0.15, -0.1) is 0 Å². The molecule has 2 aromatic heterocycles. The van der Waals surface area contributed by atoms with E-state index in [0.717, 1.165) is 12.4 Å². The van der Waals surface area contributed by atoms with Gasteiger partial charge in [0.2, 0.25) is 17.6 Å². The molecule has 3 heterocycles. The van der Waals surface area contributed by atoms with Gasteiger partial charge in [-0.05, 0) is 12.3 Å². The van der Waals surface area contributed by atoms with Crippen LogP contribution < -0.4 is 4.90 Å². The molecule has 1 amide bonds. The van der Waals surface area contributed by atoms with E-state index in [1.165, 1.54) is 6.33 Å². The molecular formula is C15H19N7O. The molecule has 1 aliphatic heterocycles. The van der Waals surface area contributed by atoms with Crippen LogP contribution in [-0.4, -0.2) is 56.3 Å². The predicted molar refractivity (Wildman–Crippen MR) is 83.6 cm³/mol. The molecule has 0 bridgehead atoms. The summed E-state index contributed by atoms with van der Waals surface area (Å²) in [5.74, 6) is 1.66. The van der Waals surface area contributed by atoms with Crippen LogP contribution in [0.3, 0.4) is 0 Å². The van der Waals surface area contributed by atoms with E-state index in [1.807, 2.05) is 23.7 Å². The maximum atomic E-state index is 12.0. The van der Waals surface area contributed by atoms with Crippen LogP contribution in [0.4, 0.5) is 5.95 Å². The van der Waals surface area contributed by atoms with Crippen molar-refractivity contribution >= 4 is 17.6 Å². The number of aromatic nitrogens is 4. The Bertz CT molecular complexity index is 750. The van der Waals surface area contributed by atoms with Gasteiger partial charge in [-0.1, -0.05) is 6.92 Å². The molecule has 120 valence electrons. The fourth-order valence-corrected chi connectivity index (χ4v) is 3.11. The van der Waals surface area contributed by atoms with Crippen LogP contribution in [-0.2, 0) is 4.79 Å². The van der Waals surface area contributed by atoms with E-state index in [-0.39, 0.29) is 18.4 Å². The van der Waals surface area contributed by atoms with Gasteiger partial charge in [-0.3, -0.25) is 9.20 Å². The van der Waals surface area contributed by atoms with Crippen molar-refractivity contribution in [3.8, 4) is 6.07 Å². The van der Waals surface area contributed by atoms with Crippen LogP contribution in [0.5, 0.6) is 0 Å². The number of likely N-dealkylation sites (N-methyl/N-ethyl adjacent to an activating group) is 1. The summed E-state index contributed by atoms with van der Waals surface area (Å²) in [5.41, 5.74) is 0. The Hall–Kier alpha value is -2.69. The normalized spacial score (nSPS) is 21.2. The minimum Gasteiger partial charge on any atom is -0.340 e. The first-order valence-corrected chi connectivity index (χ1v) is 7.63. The lowest BCUT2D eigenvalue weighted by molar-refractivity contribution is -0.131. The maximum absolute atomic E-state index is 12.0. The number of fused-ring (bicyclic) bond motifs is 1. The zero-order valence-corrected chi connectivity index (χ0v) is 13.3. The molecular weight excluding hydrogens is 294 g/mol. The van der Waals surface area contributed by atoms with Gasteiger partial charge in [0.25, 0.3) is 0 Å². The van der Waals surface area contributed by atoms with Crippen molar-refractivity contribution in [1.29, 1.82) is 5.26 Å². The van der Waals surface area contributed by atoms with E-state index in [4.69, 9.17) is 5.26 Å². The molecule has 0 radical (unpaired) electrons. The van der Waals surface area contributed by atoms with Gasteiger partial charge in [0.15, 0.2) is 0 Å². The van der Waals surface area contributed by atoms with E-state index in [9.17, 15) is 4.79 Å². The molecule has 23 heavy (non-hydrogen) atoms. The monoisotopic (exact) mass is 313 g/mol. The summed E-state index contributed by atoms with van der Waals surface area (Å²) in [7, 11) is 1.97. The second-order valence-electron chi connectivity index (χ2n) is 5.89. The van der Waals surface area contributed by atoms with Crippen molar-refractivity contribution in [3.63, 3.8) is 0 Å². The standard InChI is InChI=1S/C15H19N7O/c1-11-4-7-21(13(23)3-5-16)9-12(11)20(2)15-19-10-18-14-17-6-8-22(14)15/h6,8,10-12H,3-4,7,9H2,1-2H3. The Balaban J connectivity index is 1.85. The Labute approximate surface area is 134 Å². The third-order valence-corrected chi connectivity index (χ3v) is 4.50. The second-order valence-corrected chi connectivity index (χ2v) is 5.89. The van der Waals surface area contributed by atoms with Gasteiger partial charge < -0.3 is 9.80 Å². The average Bonchev–Trinajstić information content (AvgIpc) is 3.03. The minimum absolute atomic E-state index is 0.0654. The van der Waals surface area contributed by atoms with Crippen molar-refractivity contribution in [1.82, 2.24) is 24.3 Å². The van der Waals surface area contributed by atoms with Gasteiger partial charge in [-0.25, -0.2) is 15.0 Å². The van der Waals surface area contributed by atoms with Crippen LogP contribution in [0, 0.1) is 17.2 Å². The van der Waals surface area contributed by atoms with Crippen LogP contribution >= 0.6 is 0 Å². The zero-order valence-electron chi connectivity index (χ0n) is 13.3. The van der Waals surface area contributed by atoms with E-state index >= 15 is 0 Å². The number of anilines is 1. The lowest BCUT2D eigenvalue weighted by atomic mass is 9.92. The summed E-state index contributed by atoms with van der Waals surface area (Å²) >= 11 is 0. The van der Waals surface area contributed by atoms with Gasteiger partial charge >= 0.3 is 0 Å². The number of likely N-dealkylation sites (tertiary alicyclic amines) is 1. The quantitative estimate of drug-likeness (QED) is 0.829. The first-order chi connectivity index (χ1) is 11.1. The molecule has 0 spiro atoms. The summed E-state index contributed by atoms with van der Waals surface area (Å²) in [6.07, 6.45) is 5.86. The van der Waals surface area contributed by atoms with Crippen LogP contribution in [0.2, 0.25) is 0 Å². The topological polar surface area (TPSA) is 90.4 Å². The zero-order chi connectivity index (χ0) is 16.4. The SMILES string of the molecule is CC1CCN(C(=O)CC#N)CC1N(C)c1ncnc2nccn12. The minimum atomic E-state index is -0.103. The summed E-state index contributed by atoms with van der Waals surface area (Å²) in [5, 5.41) is 8.73. The number of piperidine rings is 1. The predicted octanol–water partition coefficient (Wildman–Crippen LogP) is 0.711. The number of carbonyl (C=O) groups excluding carboxylic acids is 1. The number of nitriles is 1. The van der Waals surface area contributed by atoms with Gasteiger partial charge in [0.1, 0.15) is 12.7 Å². The van der Waals surface area contributed by atoms with Gasteiger partial charge in [0, 0.05) is 32.5 Å². The molecule has 0 N–H and O–H groups in total. The third kappa shape index (κ3) is 2.82. The number of hydrogen-bond donors (Lipinski definition) is 0. The summed E-state index contributed by atoms with van der Waals surface area (Å²) < 4.78 is 1.84. The molecule has 2 atom stereocenters. The molecule has 2 unspecified atom stereocenters. The smallest absolute Gasteiger partial charge is 0.238 e. The molecule has 0 aromatic carbocycles. The van der Waals surface area contributed by atoms with E-state index in [2.05, 4.69) is 26.8 Å². The van der Waals surface area contributed by atoms with Crippen molar-refractivity contribution in [2.45, 2.75) is 25.8 Å². The molecule has 8 heteroatoms. The van der Waals surface area contributed by atoms with Crippen LogP contribution in [0.1, 0.15) is 19.8 Å². The number of amides is 1. The highest BCUT2D eigenvalue weighted by Gasteiger charge is 2.32. The highest BCUT2D eigenvalue weighted by Crippen LogP contribution is 2.25. The highest BCUT2D eigenvalue weighted by atomic mass is 16.2. The molecule has 1 saturated heterocycles. The first kappa shape index (κ1) is 15.2. The van der Waals surface area contributed by atoms with Crippen molar-refractivity contribution in [2.75, 3.05) is 25.0 Å². The van der Waals surface area contributed by atoms with Crippen LogP contribution in [0.15, 0.2) is 18.7 Å². The Morgan fingerprint density at radius 2 is 2.30 bits per heavy atom.